The molecule has 1 amide bonds. The maximum absolute atomic E-state index is 11.7. The molecule has 1 aromatic heterocycles. The van der Waals surface area contributed by atoms with Gasteiger partial charge in [-0.3, -0.25) is 4.79 Å². The molecule has 98 valence electrons. The Morgan fingerprint density at radius 2 is 2.11 bits per heavy atom. The predicted octanol–water partition coefficient (Wildman–Crippen LogP) is 5.47. The van der Waals surface area contributed by atoms with Gasteiger partial charge in [0.25, 0.3) is 0 Å². The summed E-state index contributed by atoms with van der Waals surface area (Å²) in [5.41, 5.74) is 0.535. The van der Waals surface area contributed by atoms with Crippen LogP contribution in [0.4, 0.5) is 5.69 Å². The molecular formula is C13H8BrCl2NOS. The van der Waals surface area contributed by atoms with Crippen molar-refractivity contribution in [2.24, 2.45) is 0 Å². The smallest absolute Gasteiger partial charge is 0.248 e. The maximum atomic E-state index is 11.7. The quantitative estimate of drug-likeness (QED) is 0.707. The molecule has 6 heteroatoms. The van der Waals surface area contributed by atoms with Crippen molar-refractivity contribution in [1.29, 1.82) is 0 Å². The second kappa shape index (κ2) is 6.57. The number of anilines is 1. The number of halogens is 3. The third-order valence-corrected chi connectivity index (χ3v) is 4.38. The van der Waals surface area contributed by atoms with Crippen molar-refractivity contribution in [2.45, 2.75) is 0 Å². The van der Waals surface area contributed by atoms with Crippen LogP contribution in [-0.2, 0) is 4.79 Å². The third kappa shape index (κ3) is 4.35. The van der Waals surface area contributed by atoms with Crippen molar-refractivity contribution < 1.29 is 4.79 Å². The van der Waals surface area contributed by atoms with Crippen molar-refractivity contribution in [2.75, 3.05) is 5.32 Å². The van der Waals surface area contributed by atoms with E-state index >= 15 is 0 Å². The van der Waals surface area contributed by atoms with Crippen LogP contribution in [0.1, 0.15) is 4.88 Å². The van der Waals surface area contributed by atoms with E-state index in [1.165, 1.54) is 6.08 Å². The van der Waals surface area contributed by atoms with Crippen LogP contribution < -0.4 is 5.32 Å². The molecule has 2 nitrogen and oxygen atoms in total. The van der Waals surface area contributed by atoms with E-state index in [0.29, 0.717) is 15.7 Å². The first-order valence-electron chi connectivity index (χ1n) is 5.23. The second-order valence-electron chi connectivity index (χ2n) is 3.61. The van der Waals surface area contributed by atoms with Crippen molar-refractivity contribution in [1.82, 2.24) is 0 Å². The molecule has 0 aliphatic rings. The van der Waals surface area contributed by atoms with Gasteiger partial charge in [0, 0.05) is 25.8 Å². The molecule has 0 unspecified atom stereocenters. The summed E-state index contributed by atoms with van der Waals surface area (Å²) < 4.78 is 0.998. The summed E-state index contributed by atoms with van der Waals surface area (Å²) in [5, 5.41) is 5.58. The molecule has 0 saturated carbocycles. The van der Waals surface area contributed by atoms with E-state index in [0.717, 1.165) is 9.35 Å². The molecule has 19 heavy (non-hydrogen) atoms. The number of benzene rings is 1. The van der Waals surface area contributed by atoms with Crippen LogP contribution in [0.5, 0.6) is 0 Å². The zero-order valence-corrected chi connectivity index (χ0v) is 13.4. The first kappa shape index (κ1) is 14.6. The number of hydrogen-bond donors (Lipinski definition) is 1. The molecule has 2 rings (SSSR count). The molecule has 1 N–H and O–H groups in total. The van der Waals surface area contributed by atoms with E-state index in [1.807, 2.05) is 11.4 Å². The fraction of sp³-hybridized carbons (Fsp3) is 0. The summed E-state index contributed by atoms with van der Waals surface area (Å²) in [6, 6.07) is 6.85. The molecule has 0 aliphatic heterocycles. The van der Waals surface area contributed by atoms with Gasteiger partial charge in [0.1, 0.15) is 0 Å². The third-order valence-electron chi connectivity index (χ3n) is 2.18. The fourth-order valence-electron chi connectivity index (χ4n) is 1.34. The van der Waals surface area contributed by atoms with Crippen molar-refractivity contribution in [3.8, 4) is 0 Å². The predicted molar refractivity (Wildman–Crippen MR) is 86.1 cm³/mol. The highest BCUT2D eigenvalue weighted by atomic mass is 79.9. The van der Waals surface area contributed by atoms with Gasteiger partial charge < -0.3 is 5.32 Å². The van der Waals surface area contributed by atoms with Crippen molar-refractivity contribution in [3.63, 3.8) is 0 Å². The number of nitrogens with one attached hydrogen (secondary N) is 1. The summed E-state index contributed by atoms with van der Waals surface area (Å²) in [7, 11) is 0. The standard InChI is InChI=1S/C13H8BrCl2NOS/c14-8-5-10(19-7-8)2-4-13(18)17-12-3-1-9(15)6-11(12)16/h1-7H,(H,17,18)/b4-2+. The van der Waals surface area contributed by atoms with Gasteiger partial charge in [0.15, 0.2) is 0 Å². The lowest BCUT2D eigenvalue weighted by Crippen LogP contribution is -2.07. The largest absolute Gasteiger partial charge is 0.321 e. The van der Waals surface area contributed by atoms with Gasteiger partial charge >= 0.3 is 0 Å². The number of carbonyl (C=O) groups excluding carboxylic acids is 1. The van der Waals surface area contributed by atoms with Crippen molar-refractivity contribution >= 4 is 68.1 Å². The fourth-order valence-corrected chi connectivity index (χ4v) is 3.13. The van der Waals surface area contributed by atoms with E-state index in [2.05, 4.69) is 21.2 Å². The van der Waals surface area contributed by atoms with Crippen LogP contribution in [0.2, 0.25) is 10.0 Å². The van der Waals surface area contributed by atoms with Crippen LogP contribution in [0, 0.1) is 0 Å². The van der Waals surface area contributed by atoms with Gasteiger partial charge in [-0.15, -0.1) is 11.3 Å². The lowest BCUT2D eigenvalue weighted by molar-refractivity contribution is -0.111. The van der Waals surface area contributed by atoms with Gasteiger partial charge in [-0.05, 0) is 46.3 Å². The van der Waals surface area contributed by atoms with E-state index in [9.17, 15) is 4.79 Å². The Morgan fingerprint density at radius 3 is 2.74 bits per heavy atom. The number of carbonyl (C=O) groups is 1. The topological polar surface area (TPSA) is 29.1 Å². The molecular weight excluding hydrogens is 369 g/mol. The normalized spacial score (nSPS) is 10.9. The zero-order valence-electron chi connectivity index (χ0n) is 9.49. The molecule has 0 saturated heterocycles. The lowest BCUT2D eigenvalue weighted by Gasteiger charge is -2.04. The summed E-state index contributed by atoms with van der Waals surface area (Å²) in [4.78, 5) is 12.7. The van der Waals surface area contributed by atoms with Crippen molar-refractivity contribution in [3.05, 3.63) is 55.1 Å². The highest BCUT2D eigenvalue weighted by molar-refractivity contribution is 9.10. The highest BCUT2D eigenvalue weighted by Gasteiger charge is 2.03. The van der Waals surface area contributed by atoms with Crippen LogP contribution >= 0.6 is 50.5 Å². The Labute approximate surface area is 133 Å². The van der Waals surface area contributed by atoms with Crippen LogP contribution in [0.25, 0.3) is 6.08 Å². The number of amides is 1. The van der Waals surface area contributed by atoms with Gasteiger partial charge in [0.2, 0.25) is 5.91 Å². The molecule has 0 bridgehead atoms. The van der Waals surface area contributed by atoms with Crippen LogP contribution in [0.3, 0.4) is 0 Å². The van der Waals surface area contributed by atoms with Crippen LogP contribution in [-0.4, -0.2) is 5.91 Å². The first-order chi connectivity index (χ1) is 9.04. The number of hydrogen-bond acceptors (Lipinski definition) is 2. The highest BCUT2D eigenvalue weighted by Crippen LogP contribution is 2.25. The minimum absolute atomic E-state index is 0.242. The molecule has 0 spiro atoms. The lowest BCUT2D eigenvalue weighted by atomic mass is 10.3. The van der Waals surface area contributed by atoms with Crippen LogP contribution in [0.15, 0.2) is 40.2 Å². The molecule has 2 aromatic rings. The summed E-state index contributed by atoms with van der Waals surface area (Å²) in [5.74, 6) is -0.242. The molecule has 0 aliphatic carbocycles. The number of rotatable bonds is 3. The summed E-state index contributed by atoms with van der Waals surface area (Å²) in [6.45, 7) is 0. The van der Waals surface area contributed by atoms with Gasteiger partial charge in [-0.2, -0.15) is 0 Å². The van der Waals surface area contributed by atoms with Gasteiger partial charge in [0.05, 0.1) is 10.7 Å². The average molecular weight is 377 g/mol. The zero-order chi connectivity index (χ0) is 13.8. The van der Waals surface area contributed by atoms with E-state index < -0.39 is 0 Å². The molecule has 1 aromatic carbocycles. The Balaban J connectivity index is 2.03. The monoisotopic (exact) mass is 375 g/mol. The Hall–Kier alpha value is -0.810. The summed E-state index contributed by atoms with van der Waals surface area (Å²) in [6.07, 6.45) is 3.21. The molecule has 0 atom stereocenters. The molecule has 1 heterocycles. The SMILES string of the molecule is O=C(/C=C/c1cc(Br)cs1)Nc1ccc(Cl)cc1Cl. The van der Waals surface area contributed by atoms with E-state index in [1.54, 1.807) is 35.6 Å². The Kier molecular flexibility index (Phi) is 5.05. The Bertz CT molecular complexity index is 639. The van der Waals surface area contributed by atoms with E-state index in [4.69, 9.17) is 23.2 Å². The summed E-state index contributed by atoms with van der Waals surface area (Å²) >= 11 is 16.7. The minimum atomic E-state index is -0.242. The first-order valence-corrected chi connectivity index (χ1v) is 7.65. The average Bonchev–Trinajstić information content (AvgIpc) is 2.76. The van der Waals surface area contributed by atoms with E-state index in [-0.39, 0.29) is 5.91 Å². The second-order valence-corrected chi connectivity index (χ2v) is 6.32. The minimum Gasteiger partial charge on any atom is -0.321 e. The van der Waals surface area contributed by atoms with Gasteiger partial charge in [-0.1, -0.05) is 23.2 Å². The Morgan fingerprint density at radius 1 is 1.32 bits per heavy atom. The maximum Gasteiger partial charge on any atom is 0.248 e. The van der Waals surface area contributed by atoms with Gasteiger partial charge in [-0.25, -0.2) is 0 Å². The number of thiophene rings is 1. The molecule has 0 radical (unpaired) electrons. The molecule has 0 fully saturated rings.